The predicted molar refractivity (Wildman–Crippen MR) is 126 cm³/mol. The molecule has 8 nitrogen and oxygen atoms in total. The van der Waals surface area contributed by atoms with Crippen molar-refractivity contribution < 1.29 is 16.8 Å². The summed E-state index contributed by atoms with van der Waals surface area (Å²) in [4.78, 5) is 0.0260. The Balaban J connectivity index is 1.58. The van der Waals surface area contributed by atoms with Crippen LogP contribution in [-0.4, -0.2) is 25.6 Å². The van der Waals surface area contributed by atoms with Gasteiger partial charge in [-0.3, -0.25) is 9.44 Å². The van der Waals surface area contributed by atoms with Crippen LogP contribution in [0, 0.1) is 20.8 Å². The fourth-order valence-electron chi connectivity index (χ4n) is 3.44. The first-order chi connectivity index (χ1) is 15.1. The summed E-state index contributed by atoms with van der Waals surface area (Å²) in [6.45, 7) is 5.63. The molecule has 11 heteroatoms. The Morgan fingerprint density at radius 2 is 1.44 bits per heavy atom. The van der Waals surface area contributed by atoms with E-state index in [0.717, 1.165) is 28.4 Å². The third kappa shape index (κ3) is 4.31. The average Bonchev–Trinajstić information content (AvgIpc) is 3.19. The maximum absolute atomic E-state index is 12.9. The summed E-state index contributed by atoms with van der Waals surface area (Å²) in [5, 5.41) is 0. The van der Waals surface area contributed by atoms with E-state index >= 15 is 0 Å². The van der Waals surface area contributed by atoms with Gasteiger partial charge in [0.2, 0.25) is 0 Å². The molecule has 166 valence electrons. The molecule has 1 heterocycles. The lowest BCUT2D eigenvalue weighted by Crippen LogP contribution is -2.16. The summed E-state index contributed by atoms with van der Waals surface area (Å²) >= 11 is 0.932. The molecule has 0 spiro atoms. The second-order valence-electron chi connectivity index (χ2n) is 7.40. The fraction of sp³-hybridized carbons (Fsp3) is 0.143. The van der Waals surface area contributed by atoms with Gasteiger partial charge in [-0.1, -0.05) is 23.8 Å². The number of aromatic nitrogens is 2. The highest BCUT2D eigenvalue weighted by Crippen LogP contribution is 2.27. The quantitative estimate of drug-likeness (QED) is 0.420. The van der Waals surface area contributed by atoms with Crippen LogP contribution in [0.4, 0.5) is 11.4 Å². The number of fused-ring (bicyclic) bond motifs is 1. The van der Waals surface area contributed by atoms with Crippen LogP contribution >= 0.6 is 11.7 Å². The first kappa shape index (κ1) is 22.2. The molecule has 0 atom stereocenters. The summed E-state index contributed by atoms with van der Waals surface area (Å²) in [6.07, 6.45) is 0. The standard InChI is InChI=1S/C21H20N4O4S3/c1-13-11-14(2)20(15(3)12-13)25-31(26,27)17-9-7-16(8-10-17)24-32(28,29)19-6-4-5-18-21(19)23-30-22-18/h4-12,24-25H,1-3H3. The Hall–Kier alpha value is -3.02. The van der Waals surface area contributed by atoms with Gasteiger partial charge in [0.05, 0.1) is 22.3 Å². The van der Waals surface area contributed by atoms with Crippen LogP contribution in [0.2, 0.25) is 0 Å². The number of sulfonamides is 2. The third-order valence-electron chi connectivity index (χ3n) is 4.87. The molecule has 0 bridgehead atoms. The smallest absolute Gasteiger partial charge is 0.264 e. The predicted octanol–water partition coefficient (Wildman–Crippen LogP) is 4.22. The van der Waals surface area contributed by atoms with Crippen LogP contribution in [0.3, 0.4) is 0 Å². The van der Waals surface area contributed by atoms with Crippen molar-refractivity contribution in [2.45, 2.75) is 30.6 Å². The van der Waals surface area contributed by atoms with Gasteiger partial charge in [-0.15, -0.1) is 0 Å². The SMILES string of the molecule is Cc1cc(C)c(NS(=O)(=O)c2ccc(NS(=O)(=O)c3cccc4nsnc34)cc2)c(C)c1. The molecule has 0 saturated heterocycles. The third-order valence-corrected chi connectivity index (χ3v) is 8.19. The molecular formula is C21H20N4O4S3. The molecule has 3 aromatic carbocycles. The van der Waals surface area contributed by atoms with Gasteiger partial charge in [-0.25, -0.2) is 16.8 Å². The lowest BCUT2D eigenvalue weighted by molar-refractivity contribution is 0.600. The number of benzene rings is 3. The molecule has 0 fully saturated rings. The highest BCUT2D eigenvalue weighted by atomic mass is 32.2. The molecular weight excluding hydrogens is 468 g/mol. The van der Waals surface area contributed by atoms with Gasteiger partial charge in [-0.2, -0.15) is 8.75 Å². The molecule has 0 aliphatic heterocycles. The van der Waals surface area contributed by atoms with Crippen LogP contribution in [0.25, 0.3) is 11.0 Å². The molecule has 4 rings (SSSR count). The number of anilines is 2. The van der Waals surface area contributed by atoms with E-state index in [2.05, 4.69) is 18.2 Å². The van der Waals surface area contributed by atoms with E-state index in [4.69, 9.17) is 0 Å². The van der Waals surface area contributed by atoms with Crippen LogP contribution in [-0.2, 0) is 20.0 Å². The minimum atomic E-state index is -3.93. The van der Waals surface area contributed by atoms with E-state index in [9.17, 15) is 16.8 Å². The van der Waals surface area contributed by atoms with Crippen LogP contribution in [0.15, 0.2) is 64.4 Å². The zero-order valence-corrected chi connectivity index (χ0v) is 19.9. The summed E-state index contributed by atoms with van der Waals surface area (Å²) in [5.74, 6) is 0. The Kier molecular flexibility index (Phi) is 5.65. The molecule has 0 unspecified atom stereocenters. The second-order valence-corrected chi connectivity index (χ2v) is 11.3. The molecule has 0 saturated carbocycles. The molecule has 1 aromatic heterocycles. The highest BCUT2D eigenvalue weighted by molar-refractivity contribution is 7.93. The van der Waals surface area contributed by atoms with Crippen molar-refractivity contribution in [3.05, 3.63) is 71.3 Å². The Morgan fingerprint density at radius 3 is 2.09 bits per heavy atom. The Bertz CT molecular complexity index is 1500. The van der Waals surface area contributed by atoms with Gasteiger partial charge >= 0.3 is 0 Å². The van der Waals surface area contributed by atoms with Crippen molar-refractivity contribution in [2.24, 2.45) is 0 Å². The van der Waals surface area contributed by atoms with Crippen molar-refractivity contribution in [2.75, 3.05) is 9.44 Å². The highest BCUT2D eigenvalue weighted by Gasteiger charge is 2.21. The zero-order valence-electron chi connectivity index (χ0n) is 17.4. The number of aryl methyl sites for hydroxylation is 3. The zero-order chi connectivity index (χ0) is 23.1. The summed E-state index contributed by atoms with van der Waals surface area (Å²) < 4.78 is 64.6. The van der Waals surface area contributed by atoms with Gasteiger partial charge in [0.1, 0.15) is 15.9 Å². The molecule has 0 aliphatic rings. The molecule has 4 aromatic rings. The lowest BCUT2D eigenvalue weighted by atomic mass is 10.1. The second kappa shape index (κ2) is 8.15. The minimum Gasteiger partial charge on any atom is -0.280 e. The first-order valence-corrected chi connectivity index (χ1v) is 13.2. The molecule has 32 heavy (non-hydrogen) atoms. The summed E-state index contributed by atoms with van der Waals surface area (Å²) in [5.41, 5.74) is 4.23. The normalized spacial score (nSPS) is 12.1. The van der Waals surface area contributed by atoms with Gasteiger partial charge in [0, 0.05) is 5.69 Å². The van der Waals surface area contributed by atoms with E-state index in [1.165, 1.54) is 30.3 Å². The van der Waals surface area contributed by atoms with E-state index in [-0.39, 0.29) is 21.0 Å². The minimum absolute atomic E-state index is 0.00689. The summed E-state index contributed by atoms with van der Waals surface area (Å²) in [7, 11) is -7.78. The Morgan fingerprint density at radius 1 is 0.781 bits per heavy atom. The number of nitrogens with one attached hydrogen (secondary N) is 2. The first-order valence-electron chi connectivity index (χ1n) is 9.52. The maximum atomic E-state index is 12.9. The number of nitrogens with zero attached hydrogens (tertiary/aromatic N) is 2. The molecule has 2 N–H and O–H groups in total. The van der Waals surface area contributed by atoms with Crippen LogP contribution in [0.5, 0.6) is 0 Å². The van der Waals surface area contributed by atoms with Crippen molar-refractivity contribution in [1.82, 2.24) is 8.75 Å². The summed E-state index contributed by atoms with van der Waals surface area (Å²) in [6, 6.07) is 14.0. The maximum Gasteiger partial charge on any atom is 0.264 e. The van der Waals surface area contributed by atoms with E-state index in [0.29, 0.717) is 11.2 Å². The van der Waals surface area contributed by atoms with E-state index < -0.39 is 20.0 Å². The van der Waals surface area contributed by atoms with Crippen molar-refractivity contribution >= 4 is 54.2 Å². The van der Waals surface area contributed by atoms with Gasteiger partial charge in [0.15, 0.2) is 0 Å². The number of hydrogen-bond acceptors (Lipinski definition) is 7. The van der Waals surface area contributed by atoms with E-state index in [1.54, 1.807) is 12.1 Å². The lowest BCUT2D eigenvalue weighted by Gasteiger charge is -2.15. The topological polar surface area (TPSA) is 118 Å². The largest absolute Gasteiger partial charge is 0.280 e. The van der Waals surface area contributed by atoms with E-state index in [1.807, 2.05) is 32.9 Å². The van der Waals surface area contributed by atoms with Gasteiger partial charge < -0.3 is 0 Å². The monoisotopic (exact) mass is 488 g/mol. The van der Waals surface area contributed by atoms with Crippen LogP contribution < -0.4 is 9.44 Å². The molecule has 0 amide bonds. The molecule has 0 radical (unpaired) electrons. The van der Waals surface area contributed by atoms with Crippen molar-refractivity contribution in [3.8, 4) is 0 Å². The number of rotatable bonds is 6. The van der Waals surface area contributed by atoms with Crippen LogP contribution in [0.1, 0.15) is 16.7 Å². The van der Waals surface area contributed by atoms with Gasteiger partial charge in [-0.05, 0) is 68.3 Å². The Labute approximate surface area is 190 Å². The van der Waals surface area contributed by atoms with Gasteiger partial charge in [0.25, 0.3) is 20.0 Å². The number of hydrogen-bond donors (Lipinski definition) is 2. The van der Waals surface area contributed by atoms with Crippen molar-refractivity contribution in [1.29, 1.82) is 0 Å². The molecule has 0 aliphatic carbocycles. The fourth-order valence-corrected chi connectivity index (χ4v) is 6.47. The average molecular weight is 489 g/mol. The van der Waals surface area contributed by atoms with Crippen molar-refractivity contribution in [3.63, 3.8) is 0 Å².